The lowest BCUT2D eigenvalue weighted by atomic mass is 9.98. The third-order valence-electron chi connectivity index (χ3n) is 5.24. The molecule has 0 fully saturated rings. The molecular formula is C25H26N2O2. The maximum absolute atomic E-state index is 12.5. The van der Waals surface area contributed by atoms with E-state index < -0.39 is 0 Å². The van der Waals surface area contributed by atoms with E-state index in [-0.39, 0.29) is 11.7 Å². The molecule has 1 heterocycles. The van der Waals surface area contributed by atoms with E-state index in [4.69, 9.17) is 0 Å². The number of ketones is 1. The number of aromatic nitrogens is 1. The van der Waals surface area contributed by atoms with Crippen molar-refractivity contribution >= 4 is 17.4 Å². The van der Waals surface area contributed by atoms with Gasteiger partial charge in [-0.2, -0.15) is 0 Å². The molecule has 4 nitrogen and oxygen atoms in total. The van der Waals surface area contributed by atoms with E-state index in [2.05, 4.69) is 4.98 Å². The normalized spacial score (nSPS) is 10.6. The van der Waals surface area contributed by atoms with Gasteiger partial charge in [-0.05, 0) is 53.8 Å². The average molecular weight is 386 g/mol. The van der Waals surface area contributed by atoms with Crippen molar-refractivity contribution in [3.63, 3.8) is 0 Å². The summed E-state index contributed by atoms with van der Waals surface area (Å²) in [5, 5.41) is 0. The number of carbonyl (C=O) groups excluding carboxylic acids is 2. The first kappa shape index (κ1) is 20.5. The van der Waals surface area contributed by atoms with Crippen molar-refractivity contribution in [1.82, 2.24) is 4.98 Å². The molecular weight excluding hydrogens is 360 g/mol. The SMILES string of the molecule is CCC(=O)N(C)c1ccc(-c2ccc(C(=O)CCc3cnccc3C)cc2)cc1. The highest BCUT2D eigenvalue weighted by Gasteiger charge is 2.10. The third-order valence-corrected chi connectivity index (χ3v) is 5.24. The number of Topliss-reactive ketones (excluding diaryl/α,β-unsaturated/α-hetero) is 1. The van der Waals surface area contributed by atoms with Gasteiger partial charge in [-0.1, -0.05) is 43.3 Å². The van der Waals surface area contributed by atoms with Crippen molar-refractivity contribution in [1.29, 1.82) is 0 Å². The number of hydrogen-bond acceptors (Lipinski definition) is 3. The van der Waals surface area contributed by atoms with Crippen LogP contribution in [0.4, 0.5) is 5.69 Å². The Morgan fingerprint density at radius 2 is 1.55 bits per heavy atom. The summed E-state index contributed by atoms with van der Waals surface area (Å²) in [5.41, 5.74) is 5.97. The van der Waals surface area contributed by atoms with Gasteiger partial charge in [0.25, 0.3) is 0 Å². The van der Waals surface area contributed by atoms with Crippen LogP contribution in [0.15, 0.2) is 67.0 Å². The van der Waals surface area contributed by atoms with Crippen LogP contribution in [0.2, 0.25) is 0 Å². The van der Waals surface area contributed by atoms with Crippen molar-refractivity contribution in [3.8, 4) is 11.1 Å². The van der Waals surface area contributed by atoms with Crippen molar-refractivity contribution < 1.29 is 9.59 Å². The van der Waals surface area contributed by atoms with E-state index >= 15 is 0 Å². The number of hydrogen-bond donors (Lipinski definition) is 0. The molecule has 0 aliphatic carbocycles. The molecule has 0 atom stereocenters. The number of carbonyl (C=O) groups is 2. The van der Waals surface area contributed by atoms with Crippen LogP contribution >= 0.6 is 0 Å². The molecule has 1 amide bonds. The van der Waals surface area contributed by atoms with Crippen molar-refractivity contribution in [2.75, 3.05) is 11.9 Å². The minimum atomic E-state index is 0.0853. The molecule has 1 aromatic heterocycles. The molecule has 0 N–H and O–H groups in total. The molecule has 0 unspecified atom stereocenters. The highest BCUT2D eigenvalue weighted by atomic mass is 16.2. The number of anilines is 1. The Morgan fingerprint density at radius 3 is 2.14 bits per heavy atom. The van der Waals surface area contributed by atoms with Crippen LogP contribution in [0.5, 0.6) is 0 Å². The summed E-state index contributed by atoms with van der Waals surface area (Å²) in [7, 11) is 1.79. The average Bonchev–Trinajstić information content (AvgIpc) is 2.77. The van der Waals surface area contributed by atoms with Gasteiger partial charge in [0.05, 0.1) is 0 Å². The van der Waals surface area contributed by atoms with Gasteiger partial charge in [0.15, 0.2) is 5.78 Å². The summed E-state index contributed by atoms with van der Waals surface area (Å²) in [5.74, 6) is 0.219. The van der Waals surface area contributed by atoms with Crippen LogP contribution in [0.25, 0.3) is 11.1 Å². The van der Waals surface area contributed by atoms with Gasteiger partial charge in [0.1, 0.15) is 0 Å². The number of amides is 1. The van der Waals surface area contributed by atoms with E-state index in [9.17, 15) is 9.59 Å². The highest BCUT2D eigenvalue weighted by Crippen LogP contribution is 2.24. The number of nitrogens with zero attached hydrogens (tertiary/aromatic N) is 2. The maximum Gasteiger partial charge on any atom is 0.226 e. The van der Waals surface area contributed by atoms with Crippen molar-refractivity contribution in [2.24, 2.45) is 0 Å². The monoisotopic (exact) mass is 386 g/mol. The minimum absolute atomic E-state index is 0.0853. The van der Waals surface area contributed by atoms with E-state index in [0.29, 0.717) is 19.3 Å². The molecule has 3 aromatic rings. The lowest BCUT2D eigenvalue weighted by Crippen LogP contribution is -2.24. The van der Waals surface area contributed by atoms with Gasteiger partial charge < -0.3 is 4.90 Å². The molecule has 4 heteroatoms. The molecule has 0 saturated heterocycles. The van der Waals surface area contributed by atoms with E-state index in [0.717, 1.165) is 33.5 Å². The fraction of sp³-hybridized carbons (Fsp3) is 0.240. The second kappa shape index (κ2) is 9.28. The summed E-state index contributed by atoms with van der Waals surface area (Å²) in [6.07, 6.45) is 5.25. The number of aryl methyl sites for hydroxylation is 2. The third kappa shape index (κ3) is 4.96. The molecule has 0 aliphatic rings. The van der Waals surface area contributed by atoms with Crippen molar-refractivity contribution in [2.45, 2.75) is 33.1 Å². The lowest BCUT2D eigenvalue weighted by molar-refractivity contribution is -0.118. The summed E-state index contributed by atoms with van der Waals surface area (Å²) in [6, 6.07) is 17.6. The second-order valence-corrected chi connectivity index (χ2v) is 7.16. The van der Waals surface area contributed by atoms with Crippen LogP contribution in [0.1, 0.15) is 41.3 Å². The van der Waals surface area contributed by atoms with Gasteiger partial charge in [0.2, 0.25) is 5.91 Å². The molecule has 0 radical (unpaired) electrons. The zero-order chi connectivity index (χ0) is 20.8. The fourth-order valence-electron chi connectivity index (χ4n) is 3.26. The van der Waals surface area contributed by atoms with Crippen LogP contribution < -0.4 is 4.90 Å². The van der Waals surface area contributed by atoms with Gasteiger partial charge in [-0.3, -0.25) is 14.6 Å². The van der Waals surface area contributed by atoms with E-state index in [1.54, 1.807) is 18.1 Å². The van der Waals surface area contributed by atoms with Gasteiger partial charge in [-0.15, -0.1) is 0 Å². The topological polar surface area (TPSA) is 50.3 Å². The fourth-order valence-corrected chi connectivity index (χ4v) is 3.26. The molecule has 0 aliphatic heterocycles. The van der Waals surface area contributed by atoms with Crippen LogP contribution in [-0.4, -0.2) is 23.7 Å². The molecule has 0 saturated carbocycles. The van der Waals surface area contributed by atoms with Crippen molar-refractivity contribution in [3.05, 3.63) is 83.7 Å². The molecule has 0 bridgehead atoms. The number of pyridine rings is 1. The van der Waals surface area contributed by atoms with E-state index in [1.165, 1.54) is 0 Å². The minimum Gasteiger partial charge on any atom is -0.316 e. The van der Waals surface area contributed by atoms with Gasteiger partial charge in [0, 0.05) is 43.5 Å². The summed E-state index contributed by atoms with van der Waals surface area (Å²) < 4.78 is 0. The summed E-state index contributed by atoms with van der Waals surface area (Å²) in [4.78, 5) is 30.2. The van der Waals surface area contributed by atoms with Crippen LogP contribution in [-0.2, 0) is 11.2 Å². The molecule has 3 rings (SSSR count). The molecule has 148 valence electrons. The maximum atomic E-state index is 12.5. The Bertz CT molecular complexity index is 992. The largest absolute Gasteiger partial charge is 0.316 e. The summed E-state index contributed by atoms with van der Waals surface area (Å²) >= 11 is 0. The standard InChI is InChI=1S/C25H26N2O2/c1-4-25(29)27(3)23-12-9-20(10-13-23)19-5-7-21(8-6-19)24(28)14-11-22-17-26-16-15-18(22)2/h5-10,12-13,15-17H,4,11,14H2,1-3H3. The number of rotatable bonds is 7. The first-order chi connectivity index (χ1) is 14.0. The summed E-state index contributed by atoms with van der Waals surface area (Å²) in [6.45, 7) is 3.89. The predicted molar refractivity (Wildman–Crippen MR) is 117 cm³/mol. The molecule has 0 spiro atoms. The Morgan fingerprint density at radius 1 is 0.931 bits per heavy atom. The highest BCUT2D eigenvalue weighted by molar-refractivity contribution is 5.96. The Labute approximate surface area is 172 Å². The lowest BCUT2D eigenvalue weighted by Gasteiger charge is -2.16. The van der Waals surface area contributed by atoms with Gasteiger partial charge >= 0.3 is 0 Å². The zero-order valence-corrected chi connectivity index (χ0v) is 17.2. The smallest absolute Gasteiger partial charge is 0.226 e. The van der Waals surface area contributed by atoms with Gasteiger partial charge in [-0.25, -0.2) is 0 Å². The zero-order valence-electron chi connectivity index (χ0n) is 17.2. The Hall–Kier alpha value is -3.27. The van der Waals surface area contributed by atoms with Crippen LogP contribution in [0, 0.1) is 6.92 Å². The molecule has 29 heavy (non-hydrogen) atoms. The van der Waals surface area contributed by atoms with E-state index in [1.807, 2.05) is 74.6 Å². The molecule has 2 aromatic carbocycles. The first-order valence-electron chi connectivity index (χ1n) is 9.89. The Balaban J connectivity index is 1.66. The first-order valence-corrected chi connectivity index (χ1v) is 9.89. The number of benzene rings is 2. The predicted octanol–water partition coefficient (Wildman–Crippen LogP) is 5.25. The second-order valence-electron chi connectivity index (χ2n) is 7.16. The Kier molecular flexibility index (Phi) is 6.55. The van der Waals surface area contributed by atoms with Crippen LogP contribution in [0.3, 0.4) is 0 Å². The quantitative estimate of drug-likeness (QED) is 0.521.